The molecule has 0 unspecified atom stereocenters. The minimum atomic E-state index is -0.244. The highest BCUT2D eigenvalue weighted by molar-refractivity contribution is 7.15. The quantitative estimate of drug-likeness (QED) is 0.646. The fourth-order valence-corrected chi connectivity index (χ4v) is 4.03. The van der Waals surface area contributed by atoms with Crippen molar-refractivity contribution in [3.63, 3.8) is 0 Å². The molecule has 0 bridgehead atoms. The number of aromatic nitrogens is 3. The van der Waals surface area contributed by atoms with Crippen LogP contribution in [-0.2, 0) is 4.74 Å². The Balaban J connectivity index is 1.65. The van der Waals surface area contributed by atoms with E-state index in [0.29, 0.717) is 30.4 Å². The number of hydrogen-bond donors (Lipinski definition) is 1. The second-order valence-corrected chi connectivity index (χ2v) is 8.56. The number of carbonyl (C=O) groups excluding carboxylic acids is 1. The summed E-state index contributed by atoms with van der Waals surface area (Å²) in [5, 5.41) is 3.86. The summed E-state index contributed by atoms with van der Waals surface area (Å²) in [7, 11) is 0. The van der Waals surface area contributed by atoms with E-state index >= 15 is 0 Å². The fraction of sp³-hybridized carbons (Fsp3) is 0.364. The molecule has 1 saturated heterocycles. The van der Waals surface area contributed by atoms with E-state index in [1.165, 1.54) is 0 Å². The van der Waals surface area contributed by atoms with Gasteiger partial charge in [0.05, 0.1) is 30.4 Å². The lowest BCUT2D eigenvalue weighted by Crippen LogP contribution is -2.28. The first-order valence-corrected chi connectivity index (χ1v) is 10.7. The molecule has 1 aliphatic heterocycles. The molecule has 4 rings (SSSR count). The Bertz CT molecular complexity index is 1030. The molecular formula is C22H24N4O3S. The molecule has 2 aromatic heterocycles. The van der Waals surface area contributed by atoms with Crippen LogP contribution in [0.2, 0.25) is 0 Å². The lowest BCUT2D eigenvalue weighted by Gasteiger charge is -2.20. The summed E-state index contributed by atoms with van der Waals surface area (Å²) in [5.41, 5.74) is 2.14. The Morgan fingerprint density at radius 2 is 2.03 bits per heavy atom. The second kappa shape index (κ2) is 8.89. The summed E-state index contributed by atoms with van der Waals surface area (Å²) in [6.07, 6.45) is 6.00. The number of thiazole rings is 1. The number of amides is 1. The van der Waals surface area contributed by atoms with Gasteiger partial charge in [-0.15, -0.1) is 11.3 Å². The van der Waals surface area contributed by atoms with Crippen molar-refractivity contribution in [1.29, 1.82) is 0 Å². The number of para-hydroxylation sites is 1. The predicted molar refractivity (Wildman–Crippen MR) is 115 cm³/mol. The lowest BCUT2D eigenvalue weighted by molar-refractivity contribution is 0.0929. The zero-order valence-electron chi connectivity index (χ0n) is 17.2. The van der Waals surface area contributed by atoms with Crippen LogP contribution in [0, 0.1) is 13.8 Å². The third-order valence-electron chi connectivity index (χ3n) is 4.93. The largest absolute Gasteiger partial charge is 0.486 e. The van der Waals surface area contributed by atoms with Gasteiger partial charge in [-0.2, -0.15) is 0 Å². The third-order valence-corrected chi connectivity index (χ3v) is 5.88. The van der Waals surface area contributed by atoms with E-state index < -0.39 is 0 Å². The van der Waals surface area contributed by atoms with E-state index in [4.69, 9.17) is 9.47 Å². The molecule has 8 heteroatoms. The Labute approximate surface area is 179 Å². The number of rotatable bonds is 6. The maximum atomic E-state index is 13.2. The van der Waals surface area contributed by atoms with E-state index in [0.717, 1.165) is 27.4 Å². The van der Waals surface area contributed by atoms with Crippen molar-refractivity contribution in [3.8, 4) is 16.3 Å². The topological polar surface area (TPSA) is 86.2 Å². The van der Waals surface area contributed by atoms with Gasteiger partial charge in [0.1, 0.15) is 22.7 Å². The molecule has 156 valence electrons. The summed E-state index contributed by atoms with van der Waals surface area (Å²) in [6.45, 7) is 6.92. The average molecular weight is 425 g/mol. The van der Waals surface area contributed by atoms with E-state index in [1.54, 1.807) is 29.8 Å². The molecule has 0 aliphatic carbocycles. The van der Waals surface area contributed by atoms with Gasteiger partial charge >= 0.3 is 0 Å². The molecule has 3 aromatic rings. The molecule has 0 spiro atoms. The van der Waals surface area contributed by atoms with Crippen LogP contribution in [0.3, 0.4) is 0 Å². The van der Waals surface area contributed by atoms with Gasteiger partial charge in [0, 0.05) is 35.5 Å². The first-order valence-electron chi connectivity index (χ1n) is 9.91. The van der Waals surface area contributed by atoms with Crippen LogP contribution in [0.5, 0.6) is 5.75 Å². The van der Waals surface area contributed by atoms with E-state index in [9.17, 15) is 4.79 Å². The molecular weight excluding hydrogens is 400 g/mol. The number of ether oxygens (including phenoxy) is 2. The Morgan fingerprint density at radius 1 is 1.23 bits per heavy atom. The summed E-state index contributed by atoms with van der Waals surface area (Å²) < 4.78 is 11.7. The van der Waals surface area contributed by atoms with Gasteiger partial charge in [0.25, 0.3) is 5.91 Å². The van der Waals surface area contributed by atoms with Crippen LogP contribution in [0.25, 0.3) is 10.6 Å². The van der Waals surface area contributed by atoms with Crippen molar-refractivity contribution >= 4 is 17.2 Å². The molecule has 1 aliphatic rings. The van der Waals surface area contributed by atoms with Crippen molar-refractivity contribution in [3.05, 3.63) is 58.6 Å². The normalized spacial score (nSPS) is 17.0. The highest BCUT2D eigenvalue weighted by Crippen LogP contribution is 2.37. The summed E-state index contributed by atoms with van der Waals surface area (Å²) >= 11 is 1.57. The second-order valence-electron chi connectivity index (χ2n) is 7.32. The van der Waals surface area contributed by atoms with Crippen LogP contribution in [0.4, 0.5) is 0 Å². The van der Waals surface area contributed by atoms with E-state index in [-0.39, 0.29) is 18.1 Å². The SMILES string of the molecule is Cc1ncc([C@@H](C)NC(=O)c2cccc(-c3ncc(C)s3)c2O[C@@H]2CCOC2)cn1. The first kappa shape index (κ1) is 20.4. The zero-order valence-corrected chi connectivity index (χ0v) is 18.0. The van der Waals surface area contributed by atoms with Gasteiger partial charge in [0.2, 0.25) is 0 Å². The molecule has 1 N–H and O–H groups in total. The number of nitrogens with zero attached hydrogens (tertiary/aromatic N) is 3. The monoisotopic (exact) mass is 424 g/mol. The molecule has 7 nitrogen and oxygen atoms in total. The van der Waals surface area contributed by atoms with Gasteiger partial charge in [-0.25, -0.2) is 15.0 Å². The number of carbonyl (C=O) groups is 1. The Morgan fingerprint density at radius 3 is 2.70 bits per heavy atom. The first-order chi connectivity index (χ1) is 14.5. The van der Waals surface area contributed by atoms with Gasteiger partial charge in [0.15, 0.2) is 0 Å². The van der Waals surface area contributed by atoms with E-state index in [1.807, 2.05) is 39.1 Å². The van der Waals surface area contributed by atoms with Crippen molar-refractivity contribution < 1.29 is 14.3 Å². The summed E-state index contributed by atoms with van der Waals surface area (Å²) in [4.78, 5) is 27.2. The van der Waals surface area contributed by atoms with Crippen molar-refractivity contribution in [2.24, 2.45) is 0 Å². The van der Waals surface area contributed by atoms with Crippen molar-refractivity contribution in [1.82, 2.24) is 20.3 Å². The molecule has 1 amide bonds. The third kappa shape index (κ3) is 4.49. The maximum Gasteiger partial charge on any atom is 0.255 e. The van der Waals surface area contributed by atoms with Gasteiger partial charge in [-0.05, 0) is 32.9 Å². The molecule has 1 aromatic carbocycles. The highest BCUT2D eigenvalue weighted by atomic mass is 32.1. The van der Waals surface area contributed by atoms with Gasteiger partial charge in [-0.1, -0.05) is 6.07 Å². The van der Waals surface area contributed by atoms with Gasteiger partial charge < -0.3 is 14.8 Å². The van der Waals surface area contributed by atoms with E-state index in [2.05, 4.69) is 20.3 Å². The fourth-order valence-electron chi connectivity index (χ4n) is 3.25. The molecule has 30 heavy (non-hydrogen) atoms. The molecule has 3 heterocycles. The van der Waals surface area contributed by atoms with Crippen molar-refractivity contribution in [2.75, 3.05) is 13.2 Å². The zero-order chi connectivity index (χ0) is 21.1. The van der Waals surface area contributed by atoms with Crippen LogP contribution in [0.1, 0.15) is 46.0 Å². The smallest absolute Gasteiger partial charge is 0.255 e. The lowest BCUT2D eigenvalue weighted by atomic mass is 10.1. The van der Waals surface area contributed by atoms with Crippen LogP contribution in [-0.4, -0.2) is 40.2 Å². The molecule has 0 radical (unpaired) electrons. The standard InChI is InChI=1S/C22H24N4O3S/c1-13-9-25-22(30-13)19-6-4-5-18(20(19)29-17-7-8-28-12-17)21(27)26-14(2)16-10-23-15(3)24-11-16/h4-6,9-11,14,17H,7-8,12H2,1-3H3,(H,26,27)/t14-,17-/m1/s1. The van der Waals surface area contributed by atoms with Gasteiger partial charge in [-0.3, -0.25) is 4.79 Å². The van der Waals surface area contributed by atoms with Crippen LogP contribution in [0.15, 0.2) is 36.8 Å². The highest BCUT2D eigenvalue weighted by Gasteiger charge is 2.25. The number of hydrogen-bond acceptors (Lipinski definition) is 7. The number of aryl methyl sites for hydroxylation is 2. The minimum Gasteiger partial charge on any atom is -0.486 e. The van der Waals surface area contributed by atoms with Crippen molar-refractivity contribution in [2.45, 2.75) is 39.3 Å². The number of benzene rings is 1. The Kier molecular flexibility index (Phi) is 6.06. The molecule has 2 atom stereocenters. The Hall–Kier alpha value is -2.84. The molecule has 0 saturated carbocycles. The van der Waals surface area contributed by atoms with Crippen LogP contribution < -0.4 is 10.1 Å². The maximum absolute atomic E-state index is 13.2. The predicted octanol–water partition coefficient (Wildman–Crippen LogP) is 3.88. The minimum absolute atomic E-state index is 0.0818. The summed E-state index contributed by atoms with van der Waals surface area (Å²) in [5.74, 6) is 1.03. The summed E-state index contributed by atoms with van der Waals surface area (Å²) in [6, 6.07) is 5.34. The average Bonchev–Trinajstić information content (AvgIpc) is 3.40. The molecule has 1 fully saturated rings. The number of nitrogens with one attached hydrogen (secondary N) is 1. The van der Waals surface area contributed by atoms with Crippen LogP contribution >= 0.6 is 11.3 Å².